The number of hydrogen-bond acceptors (Lipinski definition) is 5. The van der Waals surface area contributed by atoms with Gasteiger partial charge in [0.15, 0.2) is 17.5 Å². The van der Waals surface area contributed by atoms with E-state index in [1.807, 2.05) is 6.07 Å². The van der Waals surface area contributed by atoms with Crippen molar-refractivity contribution in [3.8, 4) is 5.75 Å². The predicted octanol–water partition coefficient (Wildman–Crippen LogP) is 3.69. The molecule has 0 saturated carbocycles. The fraction of sp³-hybridized carbons (Fsp3) is 0.136. The molecule has 0 aliphatic rings. The third-order valence-electron chi connectivity index (χ3n) is 4.71. The molecular weight excluding hydrogens is 459 g/mol. The van der Waals surface area contributed by atoms with Crippen LogP contribution in [0.2, 0.25) is 0 Å². The third-order valence-corrected chi connectivity index (χ3v) is 6.53. The molecule has 0 spiro atoms. The highest BCUT2D eigenvalue weighted by Crippen LogP contribution is 2.28. The number of ether oxygens (including phenoxy) is 1. The van der Waals surface area contributed by atoms with Crippen molar-refractivity contribution in [2.24, 2.45) is 0 Å². The van der Waals surface area contributed by atoms with E-state index in [-0.39, 0.29) is 22.8 Å². The van der Waals surface area contributed by atoms with Gasteiger partial charge in [-0.05, 0) is 35.9 Å². The SMILES string of the molecule is COc1ccc(C(=O)NNc2ccc(F)c(F)c2F)cc1S(=O)(=O)N(C)Cc1ccccc1. The zero-order valence-corrected chi connectivity index (χ0v) is 18.4. The van der Waals surface area contributed by atoms with E-state index in [0.29, 0.717) is 6.07 Å². The maximum atomic E-state index is 13.8. The normalized spacial score (nSPS) is 11.3. The number of sulfonamides is 1. The highest BCUT2D eigenvalue weighted by Gasteiger charge is 2.26. The van der Waals surface area contributed by atoms with E-state index >= 15 is 0 Å². The number of anilines is 1. The number of hydrogen-bond donors (Lipinski definition) is 2. The fourth-order valence-corrected chi connectivity index (χ4v) is 4.27. The third kappa shape index (κ3) is 5.26. The molecule has 33 heavy (non-hydrogen) atoms. The average molecular weight is 479 g/mol. The number of hydrazine groups is 1. The molecular formula is C22H20F3N3O4S. The Morgan fingerprint density at radius 2 is 1.70 bits per heavy atom. The van der Waals surface area contributed by atoms with Crippen molar-refractivity contribution >= 4 is 21.6 Å². The number of nitrogens with zero attached hydrogens (tertiary/aromatic N) is 1. The zero-order valence-electron chi connectivity index (χ0n) is 17.6. The number of carbonyl (C=O) groups excluding carboxylic acids is 1. The van der Waals surface area contributed by atoms with E-state index in [9.17, 15) is 26.4 Å². The Morgan fingerprint density at radius 1 is 1.00 bits per heavy atom. The molecule has 0 radical (unpaired) electrons. The second-order valence-corrected chi connectivity index (χ2v) is 8.93. The lowest BCUT2D eigenvalue weighted by Gasteiger charge is -2.19. The molecule has 0 aliphatic heterocycles. The number of methoxy groups -OCH3 is 1. The predicted molar refractivity (Wildman–Crippen MR) is 115 cm³/mol. The van der Waals surface area contributed by atoms with Crippen molar-refractivity contribution in [3.05, 3.63) is 89.2 Å². The standard InChI is InChI=1S/C22H20F3N3O4S/c1-28(13-14-6-4-3-5-7-14)33(30,31)19-12-15(8-11-18(19)32-2)22(29)27-26-17-10-9-16(23)20(24)21(17)25/h3-12,26H,13H2,1-2H3,(H,27,29). The molecule has 0 aromatic heterocycles. The molecule has 0 saturated heterocycles. The summed E-state index contributed by atoms with van der Waals surface area (Å²) in [6.07, 6.45) is 0. The molecule has 0 heterocycles. The van der Waals surface area contributed by atoms with Crippen molar-refractivity contribution in [1.29, 1.82) is 0 Å². The molecule has 3 aromatic rings. The van der Waals surface area contributed by atoms with Crippen LogP contribution in [0.25, 0.3) is 0 Å². The van der Waals surface area contributed by atoms with Gasteiger partial charge in [0.25, 0.3) is 5.91 Å². The first kappa shape index (κ1) is 24.1. The second kappa shape index (κ2) is 9.92. The van der Waals surface area contributed by atoms with Crippen LogP contribution in [0.3, 0.4) is 0 Å². The minimum absolute atomic E-state index is 0.0195. The summed E-state index contributed by atoms with van der Waals surface area (Å²) in [6, 6.07) is 14.2. The van der Waals surface area contributed by atoms with Gasteiger partial charge < -0.3 is 4.74 Å². The van der Waals surface area contributed by atoms with Crippen LogP contribution in [-0.2, 0) is 16.6 Å². The van der Waals surface area contributed by atoms with Gasteiger partial charge >= 0.3 is 0 Å². The fourth-order valence-electron chi connectivity index (χ4n) is 2.93. The minimum Gasteiger partial charge on any atom is -0.495 e. The Balaban J connectivity index is 1.84. The summed E-state index contributed by atoms with van der Waals surface area (Å²) in [5, 5.41) is 0. The molecule has 2 N–H and O–H groups in total. The first-order chi connectivity index (χ1) is 15.6. The minimum atomic E-state index is -4.06. The Labute approximate surface area is 188 Å². The van der Waals surface area contributed by atoms with Crippen LogP contribution >= 0.6 is 0 Å². The van der Waals surface area contributed by atoms with Gasteiger partial charge in [-0.2, -0.15) is 4.31 Å². The number of carbonyl (C=O) groups is 1. The Hall–Kier alpha value is -3.57. The first-order valence-corrected chi connectivity index (χ1v) is 11.0. The van der Waals surface area contributed by atoms with Crippen molar-refractivity contribution in [3.63, 3.8) is 0 Å². The highest BCUT2D eigenvalue weighted by molar-refractivity contribution is 7.89. The summed E-state index contributed by atoms with van der Waals surface area (Å²) < 4.78 is 72.7. The van der Waals surface area contributed by atoms with Crippen LogP contribution in [-0.4, -0.2) is 32.8 Å². The molecule has 0 bridgehead atoms. The van der Waals surface area contributed by atoms with Crippen molar-refractivity contribution in [2.75, 3.05) is 19.6 Å². The molecule has 3 aromatic carbocycles. The summed E-state index contributed by atoms with van der Waals surface area (Å²) in [7, 11) is -1.38. The van der Waals surface area contributed by atoms with Crippen LogP contribution in [0.5, 0.6) is 5.75 Å². The van der Waals surface area contributed by atoms with Crippen LogP contribution in [0.15, 0.2) is 65.6 Å². The van der Waals surface area contributed by atoms with Crippen LogP contribution in [0, 0.1) is 17.5 Å². The van der Waals surface area contributed by atoms with Crippen LogP contribution in [0.1, 0.15) is 15.9 Å². The Morgan fingerprint density at radius 3 is 2.36 bits per heavy atom. The van der Waals surface area contributed by atoms with E-state index in [1.165, 1.54) is 26.3 Å². The number of halogens is 3. The molecule has 0 aliphatic carbocycles. The largest absolute Gasteiger partial charge is 0.495 e. The lowest BCUT2D eigenvalue weighted by atomic mass is 10.2. The van der Waals surface area contributed by atoms with E-state index in [2.05, 4.69) is 10.9 Å². The molecule has 11 heteroatoms. The summed E-state index contributed by atoms with van der Waals surface area (Å²) in [6.45, 7) is 0.0831. The van der Waals surface area contributed by atoms with E-state index in [1.54, 1.807) is 24.3 Å². The van der Waals surface area contributed by atoms with Crippen LogP contribution in [0.4, 0.5) is 18.9 Å². The van der Waals surface area contributed by atoms with E-state index < -0.39 is 39.1 Å². The molecule has 1 amide bonds. The molecule has 174 valence electrons. The van der Waals surface area contributed by atoms with Gasteiger partial charge in [0, 0.05) is 19.2 Å². The van der Waals surface area contributed by atoms with Gasteiger partial charge in [0.05, 0.1) is 12.8 Å². The van der Waals surface area contributed by atoms with Gasteiger partial charge in [-0.1, -0.05) is 30.3 Å². The molecule has 0 atom stereocenters. The van der Waals surface area contributed by atoms with Gasteiger partial charge in [-0.3, -0.25) is 15.6 Å². The monoisotopic (exact) mass is 479 g/mol. The highest BCUT2D eigenvalue weighted by atomic mass is 32.2. The summed E-state index contributed by atoms with van der Waals surface area (Å²) in [5.41, 5.74) is 4.42. The summed E-state index contributed by atoms with van der Waals surface area (Å²) in [4.78, 5) is 12.3. The number of amides is 1. The number of rotatable bonds is 8. The number of nitrogens with one attached hydrogen (secondary N) is 2. The maximum absolute atomic E-state index is 13.8. The first-order valence-electron chi connectivity index (χ1n) is 9.53. The van der Waals surface area contributed by atoms with Crippen molar-refractivity contribution in [2.45, 2.75) is 11.4 Å². The smallest absolute Gasteiger partial charge is 0.269 e. The quantitative estimate of drug-likeness (QED) is 0.380. The van der Waals surface area contributed by atoms with Gasteiger partial charge in [0.2, 0.25) is 10.0 Å². The van der Waals surface area contributed by atoms with Crippen molar-refractivity contribution < 1.29 is 31.1 Å². The topological polar surface area (TPSA) is 87.7 Å². The average Bonchev–Trinajstić information content (AvgIpc) is 2.82. The van der Waals surface area contributed by atoms with E-state index in [4.69, 9.17) is 4.74 Å². The van der Waals surface area contributed by atoms with Gasteiger partial charge in [0.1, 0.15) is 10.6 Å². The Kier molecular flexibility index (Phi) is 7.24. The Bertz CT molecular complexity index is 1270. The lowest BCUT2D eigenvalue weighted by Crippen LogP contribution is -2.31. The second-order valence-electron chi connectivity index (χ2n) is 6.91. The lowest BCUT2D eigenvalue weighted by molar-refractivity contribution is 0.0962. The van der Waals surface area contributed by atoms with Crippen molar-refractivity contribution in [1.82, 2.24) is 9.73 Å². The van der Waals surface area contributed by atoms with Gasteiger partial charge in [-0.15, -0.1) is 0 Å². The molecule has 0 fully saturated rings. The van der Waals surface area contributed by atoms with Gasteiger partial charge in [-0.25, -0.2) is 21.6 Å². The maximum Gasteiger partial charge on any atom is 0.269 e. The summed E-state index contributed by atoms with van der Waals surface area (Å²) >= 11 is 0. The molecule has 0 unspecified atom stereocenters. The van der Waals surface area contributed by atoms with Crippen LogP contribution < -0.4 is 15.6 Å². The van der Waals surface area contributed by atoms with E-state index in [0.717, 1.165) is 22.0 Å². The number of benzene rings is 3. The summed E-state index contributed by atoms with van der Waals surface area (Å²) in [5.74, 6) is -5.42. The molecule has 7 nitrogen and oxygen atoms in total. The molecule has 3 rings (SSSR count). The zero-order chi connectivity index (χ0) is 24.2.